The molecule has 1 unspecified atom stereocenters. The number of benzene rings is 1. The summed E-state index contributed by atoms with van der Waals surface area (Å²) < 4.78 is 7.21. The Hall–Kier alpha value is -0.0213. The minimum atomic E-state index is -0.991. The van der Waals surface area contributed by atoms with Crippen LogP contribution in [-0.4, -0.2) is 26.4 Å². The van der Waals surface area contributed by atoms with Crippen LogP contribution in [0.1, 0.15) is 37.8 Å². The average molecular weight is 369 g/mol. The van der Waals surface area contributed by atoms with Crippen molar-refractivity contribution in [1.29, 1.82) is 0 Å². The molecule has 19 heavy (non-hydrogen) atoms. The molecule has 0 fully saturated rings. The zero-order valence-electron chi connectivity index (χ0n) is 13.1. The minimum absolute atomic E-state index is 0.775. The Morgan fingerprint density at radius 2 is 1.74 bits per heavy atom. The normalized spacial score (nSPS) is 12.9. The molecule has 0 N–H and O–H groups in total. The predicted octanol–water partition coefficient (Wildman–Crippen LogP) is 4.67. The summed E-state index contributed by atoms with van der Waals surface area (Å²) in [7, 11) is 0. The van der Waals surface area contributed by atoms with E-state index in [0.29, 0.717) is 0 Å². The van der Waals surface area contributed by atoms with Gasteiger partial charge in [-0.15, -0.1) is 0 Å². The zero-order valence-corrected chi connectivity index (χ0v) is 16.4. The van der Waals surface area contributed by atoms with Crippen molar-refractivity contribution >= 4 is 19.8 Å². The number of rotatable bonds is 9. The fourth-order valence-electron chi connectivity index (χ4n) is 2.10. The molecule has 0 aromatic heterocycles. The van der Waals surface area contributed by atoms with E-state index in [1.165, 1.54) is 34.8 Å². The maximum atomic E-state index is 5.75. The van der Waals surface area contributed by atoms with Gasteiger partial charge in [-0.2, -0.15) is 0 Å². The van der Waals surface area contributed by atoms with E-state index >= 15 is 0 Å². The second kappa shape index (κ2) is 9.82. The molecule has 1 aromatic carbocycles. The molecular weight excluding hydrogens is 339 g/mol. The van der Waals surface area contributed by atoms with E-state index < -0.39 is 19.8 Å². The second-order valence-electron chi connectivity index (χ2n) is 6.12. The van der Waals surface area contributed by atoms with Crippen LogP contribution >= 0.6 is 0 Å². The molecule has 2 heteroatoms. The van der Waals surface area contributed by atoms with E-state index in [2.05, 4.69) is 48.0 Å². The molecule has 0 bridgehead atoms. The summed E-state index contributed by atoms with van der Waals surface area (Å²) in [6.07, 6.45) is 3.71. The molecule has 1 atom stereocenters. The zero-order chi connectivity index (χ0) is 14.1. The molecular formula is C17H30OSn. The molecule has 1 nitrogen and oxygen atoms in total. The maximum absolute atomic E-state index is 5.75. The van der Waals surface area contributed by atoms with Crippen LogP contribution in [0.25, 0.3) is 0 Å². The molecule has 0 saturated carbocycles. The van der Waals surface area contributed by atoms with Crippen molar-refractivity contribution in [2.45, 2.75) is 54.0 Å². The predicted molar refractivity (Wildman–Crippen MR) is 87.6 cm³/mol. The molecule has 1 aromatic rings. The third-order valence-electron chi connectivity index (χ3n) is 3.64. The average Bonchev–Trinajstić information content (AvgIpc) is 2.39. The number of hydrogen-bond donors (Lipinski definition) is 0. The molecule has 0 amide bonds. The van der Waals surface area contributed by atoms with Gasteiger partial charge in [0, 0.05) is 0 Å². The summed E-state index contributed by atoms with van der Waals surface area (Å²) >= 11 is -0.991. The molecule has 0 aliphatic carbocycles. The van der Waals surface area contributed by atoms with Crippen molar-refractivity contribution < 1.29 is 4.74 Å². The molecule has 0 aliphatic rings. The van der Waals surface area contributed by atoms with Crippen molar-refractivity contribution in [3.05, 3.63) is 35.4 Å². The van der Waals surface area contributed by atoms with E-state index in [1.54, 1.807) is 0 Å². The van der Waals surface area contributed by atoms with E-state index in [1.807, 2.05) is 0 Å². The van der Waals surface area contributed by atoms with E-state index in [0.717, 1.165) is 19.1 Å². The van der Waals surface area contributed by atoms with Gasteiger partial charge in [0.2, 0.25) is 0 Å². The van der Waals surface area contributed by atoms with Crippen LogP contribution in [-0.2, 0) is 17.8 Å². The van der Waals surface area contributed by atoms with Crippen LogP contribution in [0.2, 0.25) is 14.3 Å². The first-order chi connectivity index (χ1) is 9.11. The topological polar surface area (TPSA) is 9.23 Å². The summed E-state index contributed by atoms with van der Waals surface area (Å²) in [4.78, 5) is 4.94. The molecule has 1 rings (SSSR count). The van der Waals surface area contributed by atoms with Gasteiger partial charge in [0.15, 0.2) is 0 Å². The van der Waals surface area contributed by atoms with Gasteiger partial charge in [0.25, 0.3) is 0 Å². The first-order valence-corrected chi connectivity index (χ1v) is 16.7. The van der Waals surface area contributed by atoms with Gasteiger partial charge in [-0.25, -0.2) is 0 Å². The molecule has 0 spiro atoms. The van der Waals surface area contributed by atoms with Crippen molar-refractivity contribution in [3.8, 4) is 0 Å². The van der Waals surface area contributed by atoms with Gasteiger partial charge in [-0.3, -0.25) is 0 Å². The Kier molecular flexibility index (Phi) is 8.80. The summed E-state index contributed by atoms with van der Waals surface area (Å²) in [6, 6.07) is 8.96. The van der Waals surface area contributed by atoms with E-state index in [4.69, 9.17) is 4.74 Å². The summed E-state index contributed by atoms with van der Waals surface area (Å²) in [6.45, 7) is 6.28. The third kappa shape index (κ3) is 7.98. The van der Waals surface area contributed by atoms with Crippen LogP contribution in [0.5, 0.6) is 0 Å². The van der Waals surface area contributed by atoms with Crippen LogP contribution in [0.3, 0.4) is 0 Å². The molecule has 0 aliphatic heterocycles. The number of ether oxygens (including phenoxy) is 1. The van der Waals surface area contributed by atoms with Crippen LogP contribution in [0, 0.1) is 5.92 Å². The monoisotopic (exact) mass is 370 g/mol. The Labute approximate surface area is 126 Å². The fraction of sp³-hybridized carbons (Fsp3) is 0.647. The molecule has 0 radical (unpaired) electrons. The van der Waals surface area contributed by atoms with Gasteiger partial charge in [-0.1, -0.05) is 6.92 Å². The Morgan fingerprint density at radius 3 is 2.32 bits per heavy atom. The Bertz CT molecular complexity index is 332. The summed E-state index contributed by atoms with van der Waals surface area (Å²) in [5, 5.41) is 0. The van der Waals surface area contributed by atoms with Gasteiger partial charge >= 0.3 is 120 Å². The first kappa shape index (κ1) is 17.0. The Balaban J connectivity index is 2.24. The van der Waals surface area contributed by atoms with Crippen molar-refractivity contribution in [2.24, 2.45) is 5.92 Å². The van der Waals surface area contributed by atoms with Gasteiger partial charge in [-0.05, 0) is 0 Å². The standard InChI is InChI=1S/C15H23O.2CH3.Sn.H/c1-4-10-16-12-15-8-6-14(7-9-15)11-13(3)5-2;;;;/h6-9,13H,1,4-5,10-12H2,2-3H3;2*1H3;;. The van der Waals surface area contributed by atoms with Crippen molar-refractivity contribution in [2.75, 3.05) is 6.61 Å². The van der Waals surface area contributed by atoms with E-state index in [-0.39, 0.29) is 0 Å². The Morgan fingerprint density at radius 1 is 1.11 bits per heavy atom. The third-order valence-corrected chi connectivity index (χ3v) is 8.10. The summed E-state index contributed by atoms with van der Waals surface area (Å²) in [5.74, 6) is 0.782. The summed E-state index contributed by atoms with van der Waals surface area (Å²) in [5.41, 5.74) is 2.76. The molecule has 108 valence electrons. The fourth-order valence-corrected chi connectivity index (χ4v) is 4.91. The van der Waals surface area contributed by atoms with Gasteiger partial charge in [0.05, 0.1) is 0 Å². The van der Waals surface area contributed by atoms with E-state index in [9.17, 15) is 0 Å². The van der Waals surface area contributed by atoms with Crippen LogP contribution in [0.4, 0.5) is 0 Å². The van der Waals surface area contributed by atoms with Crippen molar-refractivity contribution in [1.82, 2.24) is 0 Å². The van der Waals surface area contributed by atoms with Gasteiger partial charge in [0.1, 0.15) is 0 Å². The van der Waals surface area contributed by atoms with Crippen LogP contribution in [0.15, 0.2) is 24.3 Å². The van der Waals surface area contributed by atoms with Crippen LogP contribution < -0.4 is 0 Å². The molecule has 0 heterocycles. The van der Waals surface area contributed by atoms with Crippen molar-refractivity contribution in [3.63, 3.8) is 0 Å². The quantitative estimate of drug-likeness (QED) is 0.454. The second-order valence-corrected chi connectivity index (χ2v) is 15.7. The first-order valence-electron chi connectivity index (χ1n) is 7.77. The number of hydrogen-bond acceptors (Lipinski definition) is 1. The SMILES string of the molecule is CCC(C)Cc1ccc(COCC[CH2][SnH]([CH3])[CH3])cc1. The molecule has 0 saturated heterocycles. The van der Waals surface area contributed by atoms with Gasteiger partial charge < -0.3 is 0 Å².